The summed E-state index contributed by atoms with van der Waals surface area (Å²) in [6, 6.07) is 0. The van der Waals surface area contributed by atoms with Gasteiger partial charge in [-0.25, -0.2) is 0 Å². The Morgan fingerprint density at radius 3 is 1.55 bits per heavy atom. The zero-order valence-electron chi connectivity index (χ0n) is 18.9. The second-order valence-electron chi connectivity index (χ2n) is 8.40. The summed E-state index contributed by atoms with van der Waals surface area (Å²) in [6.07, 6.45) is 21.6. The molecule has 1 amide bonds. The molecule has 1 atom stereocenters. The molecule has 0 aromatic carbocycles. The van der Waals surface area contributed by atoms with Gasteiger partial charge in [-0.05, 0) is 6.42 Å². The Morgan fingerprint density at radius 1 is 0.759 bits per heavy atom. The fourth-order valence-corrected chi connectivity index (χ4v) is 3.85. The molecule has 0 aliphatic heterocycles. The summed E-state index contributed by atoms with van der Waals surface area (Å²) in [5.41, 5.74) is 0. The SMILES string of the molecule is CCCCCCCCCCCCCCCCCCC(CC(=O)NCCS)C(=O)O. The number of hydrogen-bond acceptors (Lipinski definition) is 3. The number of aliphatic carboxylic acids is 1. The van der Waals surface area contributed by atoms with E-state index in [0.29, 0.717) is 18.7 Å². The summed E-state index contributed by atoms with van der Waals surface area (Å²) >= 11 is 4.04. The van der Waals surface area contributed by atoms with E-state index in [2.05, 4.69) is 24.9 Å². The molecule has 0 spiro atoms. The van der Waals surface area contributed by atoms with E-state index in [1.807, 2.05) is 0 Å². The highest BCUT2D eigenvalue weighted by molar-refractivity contribution is 7.80. The molecule has 0 radical (unpaired) electrons. The van der Waals surface area contributed by atoms with Crippen LogP contribution in [0.25, 0.3) is 0 Å². The second-order valence-corrected chi connectivity index (χ2v) is 8.85. The molecule has 0 fully saturated rings. The molecule has 0 rings (SSSR count). The van der Waals surface area contributed by atoms with Crippen LogP contribution < -0.4 is 5.32 Å². The van der Waals surface area contributed by atoms with Gasteiger partial charge in [0.15, 0.2) is 0 Å². The molecule has 0 aromatic heterocycles. The van der Waals surface area contributed by atoms with Gasteiger partial charge in [0.05, 0.1) is 5.92 Å². The maximum Gasteiger partial charge on any atom is 0.307 e. The molecule has 0 saturated carbocycles. The van der Waals surface area contributed by atoms with Crippen molar-refractivity contribution in [2.75, 3.05) is 12.3 Å². The maximum atomic E-state index is 11.7. The largest absolute Gasteiger partial charge is 0.481 e. The van der Waals surface area contributed by atoms with Crippen LogP contribution in [0.15, 0.2) is 0 Å². The Kier molecular flexibility index (Phi) is 21.4. The lowest BCUT2D eigenvalue weighted by Gasteiger charge is -2.12. The van der Waals surface area contributed by atoms with Gasteiger partial charge in [0.1, 0.15) is 0 Å². The van der Waals surface area contributed by atoms with Crippen LogP contribution in [0.3, 0.4) is 0 Å². The zero-order chi connectivity index (χ0) is 21.6. The van der Waals surface area contributed by atoms with Gasteiger partial charge in [-0.1, -0.05) is 110 Å². The lowest BCUT2D eigenvalue weighted by atomic mass is 9.96. The standard InChI is InChI=1S/C24H47NO3S/c1-2-3-4-5-6-7-8-9-10-11-12-13-14-15-16-17-18-22(24(27)28)21-23(26)25-19-20-29/h22,29H,2-21H2,1H3,(H,25,26)(H,27,28). The topological polar surface area (TPSA) is 66.4 Å². The molecule has 172 valence electrons. The van der Waals surface area contributed by atoms with Gasteiger partial charge in [0, 0.05) is 18.7 Å². The van der Waals surface area contributed by atoms with Crippen molar-refractivity contribution < 1.29 is 14.7 Å². The van der Waals surface area contributed by atoms with Crippen LogP contribution in [0, 0.1) is 5.92 Å². The minimum absolute atomic E-state index is 0.0852. The Labute approximate surface area is 185 Å². The summed E-state index contributed by atoms with van der Waals surface area (Å²) in [4.78, 5) is 23.0. The second kappa shape index (κ2) is 22.0. The quantitative estimate of drug-likeness (QED) is 0.131. The minimum Gasteiger partial charge on any atom is -0.481 e. The van der Waals surface area contributed by atoms with Crippen molar-refractivity contribution in [1.82, 2.24) is 5.32 Å². The monoisotopic (exact) mass is 429 g/mol. The molecule has 29 heavy (non-hydrogen) atoms. The van der Waals surface area contributed by atoms with Crippen molar-refractivity contribution in [3.63, 3.8) is 0 Å². The molecular formula is C24H47NO3S. The highest BCUT2D eigenvalue weighted by Crippen LogP contribution is 2.17. The average molecular weight is 430 g/mol. The summed E-state index contributed by atoms with van der Waals surface area (Å²) in [6.45, 7) is 2.76. The first kappa shape index (κ1) is 28.3. The molecule has 5 heteroatoms. The van der Waals surface area contributed by atoms with E-state index < -0.39 is 11.9 Å². The minimum atomic E-state index is -0.855. The first-order chi connectivity index (χ1) is 14.1. The van der Waals surface area contributed by atoms with Crippen LogP contribution in [0.1, 0.15) is 122 Å². The van der Waals surface area contributed by atoms with Crippen LogP contribution in [-0.2, 0) is 9.59 Å². The number of thiol groups is 1. The van der Waals surface area contributed by atoms with E-state index in [1.165, 1.54) is 89.9 Å². The van der Waals surface area contributed by atoms with Gasteiger partial charge in [-0.15, -0.1) is 0 Å². The highest BCUT2D eigenvalue weighted by Gasteiger charge is 2.20. The van der Waals surface area contributed by atoms with Crippen molar-refractivity contribution in [2.45, 2.75) is 122 Å². The summed E-state index contributed by atoms with van der Waals surface area (Å²) in [7, 11) is 0. The van der Waals surface area contributed by atoms with Crippen molar-refractivity contribution in [3.8, 4) is 0 Å². The van der Waals surface area contributed by atoms with Crippen LogP contribution in [0.4, 0.5) is 0 Å². The molecule has 1 unspecified atom stereocenters. The van der Waals surface area contributed by atoms with Crippen LogP contribution in [0.2, 0.25) is 0 Å². The lowest BCUT2D eigenvalue weighted by molar-refractivity contribution is -0.144. The van der Waals surface area contributed by atoms with E-state index in [4.69, 9.17) is 0 Å². The fourth-order valence-electron chi connectivity index (χ4n) is 3.74. The van der Waals surface area contributed by atoms with E-state index in [9.17, 15) is 14.7 Å². The van der Waals surface area contributed by atoms with E-state index in [1.54, 1.807) is 0 Å². The molecule has 0 heterocycles. The predicted molar refractivity (Wildman–Crippen MR) is 127 cm³/mol. The summed E-state index contributed by atoms with van der Waals surface area (Å²) in [5, 5.41) is 12.0. The molecule has 0 aliphatic rings. The van der Waals surface area contributed by atoms with Crippen molar-refractivity contribution in [1.29, 1.82) is 0 Å². The lowest BCUT2D eigenvalue weighted by Crippen LogP contribution is -2.29. The predicted octanol–water partition coefficient (Wildman–Crippen LogP) is 6.77. The van der Waals surface area contributed by atoms with E-state index in [0.717, 1.165) is 12.8 Å². The van der Waals surface area contributed by atoms with Gasteiger partial charge < -0.3 is 10.4 Å². The van der Waals surface area contributed by atoms with Gasteiger partial charge >= 0.3 is 5.97 Å². The van der Waals surface area contributed by atoms with Gasteiger partial charge in [-0.2, -0.15) is 12.6 Å². The number of carbonyl (C=O) groups excluding carboxylic acids is 1. The normalized spacial score (nSPS) is 12.1. The molecule has 2 N–H and O–H groups in total. The molecule has 0 aromatic rings. The molecule has 0 bridgehead atoms. The number of unbranched alkanes of at least 4 members (excludes halogenated alkanes) is 15. The van der Waals surface area contributed by atoms with Crippen molar-refractivity contribution in [3.05, 3.63) is 0 Å². The van der Waals surface area contributed by atoms with Crippen LogP contribution in [0.5, 0.6) is 0 Å². The molecule has 4 nitrogen and oxygen atoms in total. The summed E-state index contributed by atoms with van der Waals surface area (Å²) in [5.74, 6) is -1.01. The average Bonchev–Trinajstić information content (AvgIpc) is 2.70. The molecule has 0 aliphatic carbocycles. The smallest absolute Gasteiger partial charge is 0.307 e. The number of hydrogen-bond donors (Lipinski definition) is 3. The number of carboxylic acid groups (broad SMARTS) is 1. The fraction of sp³-hybridized carbons (Fsp3) is 0.917. The molecular weight excluding hydrogens is 382 g/mol. The zero-order valence-corrected chi connectivity index (χ0v) is 19.8. The number of nitrogens with one attached hydrogen (secondary N) is 1. The number of carboxylic acids is 1. The van der Waals surface area contributed by atoms with Gasteiger partial charge in [-0.3, -0.25) is 9.59 Å². The Hall–Kier alpha value is -0.710. The number of carbonyl (C=O) groups is 2. The first-order valence-corrected chi connectivity index (χ1v) is 12.8. The Balaban J connectivity index is 3.42. The number of rotatable bonds is 22. The number of amides is 1. The third-order valence-electron chi connectivity index (χ3n) is 5.62. The van der Waals surface area contributed by atoms with Crippen molar-refractivity contribution >= 4 is 24.5 Å². The van der Waals surface area contributed by atoms with Gasteiger partial charge in [0.25, 0.3) is 0 Å². The third-order valence-corrected chi connectivity index (χ3v) is 5.84. The Morgan fingerprint density at radius 2 is 1.17 bits per heavy atom. The van der Waals surface area contributed by atoms with Crippen LogP contribution in [-0.4, -0.2) is 29.3 Å². The third kappa shape index (κ3) is 20.3. The maximum absolute atomic E-state index is 11.7. The summed E-state index contributed by atoms with van der Waals surface area (Å²) < 4.78 is 0. The first-order valence-electron chi connectivity index (χ1n) is 12.2. The van der Waals surface area contributed by atoms with Crippen LogP contribution >= 0.6 is 12.6 Å². The van der Waals surface area contributed by atoms with Gasteiger partial charge in [0.2, 0.25) is 5.91 Å². The van der Waals surface area contributed by atoms with E-state index in [-0.39, 0.29) is 12.3 Å². The molecule has 0 saturated heterocycles. The van der Waals surface area contributed by atoms with E-state index >= 15 is 0 Å². The Bertz CT molecular complexity index is 390. The highest BCUT2D eigenvalue weighted by atomic mass is 32.1. The van der Waals surface area contributed by atoms with Crippen molar-refractivity contribution in [2.24, 2.45) is 5.92 Å².